The molecule has 1 aliphatic rings. The van der Waals surface area contributed by atoms with Gasteiger partial charge in [0.05, 0.1) is 0 Å². The zero-order valence-electron chi connectivity index (χ0n) is 8.64. The van der Waals surface area contributed by atoms with Crippen molar-refractivity contribution in [1.29, 1.82) is 0 Å². The molecule has 1 fully saturated rings. The fourth-order valence-corrected chi connectivity index (χ4v) is 2.22. The third-order valence-corrected chi connectivity index (χ3v) is 3.27. The molecule has 2 atom stereocenters. The van der Waals surface area contributed by atoms with E-state index in [9.17, 15) is 4.39 Å². The van der Waals surface area contributed by atoms with E-state index in [1.807, 2.05) is 6.92 Å². The molecule has 78 valence electrons. The quantitative estimate of drug-likeness (QED) is 0.675. The fraction of sp³-hybridized carbons (Fsp3) is 1.00. The summed E-state index contributed by atoms with van der Waals surface area (Å²) in [6, 6.07) is 0. The highest BCUT2D eigenvalue weighted by molar-refractivity contribution is 4.76. The molecule has 1 nitrogen and oxygen atoms in total. The molecule has 0 aromatic rings. The largest absolute Gasteiger partial charge is 0.330 e. The summed E-state index contributed by atoms with van der Waals surface area (Å²) < 4.78 is 13.8. The maximum absolute atomic E-state index is 13.8. The first kappa shape index (κ1) is 11.0. The summed E-state index contributed by atoms with van der Waals surface area (Å²) in [5.74, 6) is 0.337. The van der Waals surface area contributed by atoms with Crippen LogP contribution in [0.3, 0.4) is 0 Å². The van der Waals surface area contributed by atoms with Gasteiger partial charge in [0, 0.05) is 0 Å². The van der Waals surface area contributed by atoms with E-state index >= 15 is 0 Å². The molecule has 2 N–H and O–H groups in total. The standard InChI is InChI=1S/C11H22FN/c1-9(8-13)11(12)10-6-4-2-3-5-7-10/h9-11H,2-8,13H2,1H3. The van der Waals surface area contributed by atoms with Gasteiger partial charge in [0.25, 0.3) is 0 Å². The second-order valence-electron chi connectivity index (χ2n) is 4.41. The lowest BCUT2D eigenvalue weighted by atomic mass is 9.88. The molecule has 0 saturated heterocycles. The van der Waals surface area contributed by atoms with Crippen molar-refractivity contribution >= 4 is 0 Å². The second-order valence-corrected chi connectivity index (χ2v) is 4.41. The molecule has 1 rings (SSSR count). The van der Waals surface area contributed by atoms with Crippen molar-refractivity contribution in [2.24, 2.45) is 17.6 Å². The Bertz CT molecular complexity index is 130. The molecular weight excluding hydrogens is 165 g/mol. The van der Waals surface area contributed by atoms with Crippen molar-refractivity contribution < 1.29 is 4.39 Å². The topological polar surface area (TPSA) is 26.0 Å². The predicted octanol–water partition coefficient (Wildman–Crippen LogP) is 2.89. The van der Waals surface area contributed by atoms with Gasteiger partial charge in [-0.15, -0.1) is 0 Å². The maximum Gasteiger partial charge on any atom is 0.107 e. The van der Waals surface area contributed by atoms with E-state index in [1.54, 1.807) is 0 Å². The van der Waals surface area contributed by atoms with Crippen LogP contribution in [0, 0.1) is 11.8 Å². The summed E-state index contributed by atoms with van der Waals surface area (Å²) in [4.78, 5) is 0. The molecule has 1 saturated carbocycles. The first-order valence-corrected chi connectivity index (χ1v) is 5.60. The van der Waals surface area contributed by atoms with Crippen molar-refractivity contribution in [3.8, 4) is 0 Å². The average molecular weight is 187 g/mol. The van der Waals surface area contributed by atoms with Gasteiger partial charge in [-0.05, 0) is 31.2 Å². The molecule has 0 amide bonds. The van der Waals surface area contributed by atoms with Crippen LogP contribution in [0.4, 0.5) is 4.39 Å². The molecule has 0 heterocycles. The Balaban J connectivity index is 2.38. The van der Waals surface area contributed by atoms with Gasteiger partial charge in [-0.1, -0.05) is 32.6 Å². The molecule has 0 radical (unpaired) electrons. The highest BCUT2D eigenvalue weighted by atomic mass is 19.1. The predicted molar refractivity (Wildman–Crippen MR) is 54.3 cm³/mol. The summed E-state index contributed by atoms with van der Waals surface area (Å²) in [7, 11) is 0. The smallest absolute Gasteiger partial charge is 0.107 e. The molecule has 0 aliphatic heterocycles. The molecule has 13 heavy (non-hydrogen) atoms. The van der Waals surface area contributed by atoms with Crippen molar-refractivity contribution in [3.05, 3.63) is 0 Å². The monoisotopic (exact) mass is 187 g/mol. The lowest BCUT2D eigenvalue weighted by molar-refractivity contribution is 0.149. The van der Waals surface area contributed by atoms with Crippen LogP contribution in [0.25, 0.3) is 0 Å². The van der Waals surface area contributed by atoms with Crippen LogP contribution in [-0.2, 0) is 0 Å². The van der Waals surface area contributed by atoms with Gasteiger partial charge in [-0.25, -0.2) is 4.39 Å². The maximum atomic E-state index is 13.8. The van der Waals surface area contributed by atoms with E-state index in [0.717, 1.165) is 12.8 Å². The Labute approximate surface area is 80.9 Å². The van der Waals surface area contributed by atoms with Gasteiger partial charge in [0.2, 0.25) is 0 Å². The number of hydrogen-bond acceptors (Lipinski definition) is 1. The van der Waals surface area contributed by atoms with Crippen LogP contribution in [0.5, 0.6) is 0 Å². The van der Waals surface area contributed by atoms with Crippen LogP contribution < -0.4 is 5.73 Å². The number of rotatable bonds is 3. The van der Waals surface area contributed by atoms with Crippen LogP contribution in [0.2, 0.25) is 0 Å². The summed E-state index contributed by atoms with van der Waals surface area (Å²) in [6.45, 7) is 2.41. The number of halogens is 1. The van der Waals surface area contributed by atoms with Gasteiger partial charge in [-0.2, -0.15) is 0 Å². The van der Waals surface area contributed by atoms with Gasteiger partial charge in [-0.3, -0.25) is 0 Å². The Hall–Kier alpha value is -0.110. The SMILES string of the molecule is CC(CN)C(F)C1CCCCCC1. The van der Waals surface area contributed by atoms with E-state index in [2.05, 4.69) is 0 Å². The lowest BCUT2D eigenvalue weighted by Crippen LogP contribution is -2.28. The van der Waals surface area contributed by atoms with E-state index < -0.39 is 6.17 Å². The Morgan fingerprint density at radius 2 is 1.77 bits per heavy atom. The van der Waals surface area contributed by atoms with Crippen molar-refractivity contribution in [3.63, 3.8) is 0 Å². The van der Waals surface area contributed by atoms with Crippen LogP contribution in [0.1, 0.15) is 45.4 Å². The Morgan fingerprint density at radius 1 is 1.23 bits per heavy atom. The number of alkyl halides is 1. The van der Waals surface area contributed by atoms with Crippen molar-refractivity contribution in [1.82, 2.24) is 0 Å². The summed E-state index contributed by atoms with van der Waals surface area (Å²) in [6.07, 6.45) is 6.49. The fourth-order valence-electron chi connectivity index (χ4n) is 2.22. The number of nitrogens with two attached hydrogens (primary N) is 1. The lowest BCUT2D eigenvalue weighted by Gasteiger charge is -2.23. The summed E-state index contributed by atoms with van der Waals surface area (Å²) >= 11 is 0. The third-order valence-electron chi connectivity index (χ3n) is 3.27. The van der Waals surface area contributed by atoms with Gasteiger partial charge in [0.15, 0.2) is 0 Å². The summed E-state index contributed by atoms with van der Waals surface area (Å²) in [5, 5.41) is 0. The van der Waals surface area contributed by atoms with Gasteiger partial charge in [0.1, 0.15) is 6.17 Å². The van der Waals surface area contributed by atoms with Crippen LogP contribution >= 0.6 is 0 Å². The Morgan fingerprint density at radius 3 is 2.23 bits per heavy atom. The minimum absolute atomic E-state index is 0.0445. The van der Waals surface area contributed by atoms with E-state index in [4.69, 9.17) is 5.73 Å². The average Bonchev–Trinajstić information content (AvgIpc) is 2.43. The van der Waals surface area contributed by atoms with Crippen molar-refractivity contribution in [2.75, 3.05) is 6.54 Å². The zero-order chi connectivity index (χ0) is 9.68. The minimum atomic E-state index is -0.664. The molecular formula is C11H22FN. The summed E-state index contributed by atoms with van der Waals surface area (Å²) in [5.41, 5.74) is 5.48. The van der Waals surface area contributed by atoms with E-state index in [1.165, 1.54) is 25.7 Å². The molecule has 0 bridgehead atoms. The zero-order valence-corrected chi connectivity index (χ0v) is 8.64. The van der Waals surface area contributed by atoms with E-state index in [0.29, 0.717) is 12.5 Å². The van der Waals surface area contributed by atoms with Crippen molar-refractivity contribution in [2.45, 2.75) is 51.6 Å². The first-order valence-electron chi connectivity index (χ1n) is 5.60. The van der Waals surface area contributed by atoms with Gasteiger partial charge < -0.3 is 5.73 Å². The molecule has 2 unspecified atom stereocenters. The van der Waals surface area contributed by atoms with E-state index in [-0.39, 0.29) is 5.92 Å². The molecule has 0 aromatic heterocycles. The number of hydrogen-bond donors (Lipinski definition) is 1. The molecule has 0 spiro atoms. The third kappa shape index (κ3) is 3.26. The highest BCUT2D eigenvalue weighted by Crippen LogP contribution is 2.30. The van der Waals surface area contributed by atoms with Gasteiger partial charge >= 0.3 is 0 Å². The van der Waals surface area contributed by atoms with Crippen LogP contribution in [-0.4, -0.2) is 12.7 Å². The highest BCUT2D eigenvalue weighted by Gasteiger charge is 2.26. The first-order chi connectivity index (χ1) is 6.25. The second kappa shape index (κ2) is 5.58. The van der Waals surface area contributed by atoms with Crippen LogP contribution in [0.15, 0.2) is 0 Å². The minimum Gasteiger partial charge on any atom is -0.330 e. The molecule has 2 heteroatoms. The molecule has 1 aliphatic carbocycles. The molecule has 0 aromatic carbocycles. The Kier molecular flexibility index (Phi) is 4.71. The normalized spacial score (nSPS) is 25.2.